The quantitative estimate of drug-likeness (QED) is 0.885. The van der Waals surface area contributed by atoms with E-state index in [0.717, 1.165) is 18.2 Å². The van der Waals surface area contributed by atoms with E-state index in [-0.39, 0.29) is 23.6 Å². The van der Waals surface area contributed by atoms with Crippen LogP contribution in [0.2, 0.25) is 0 Å². The molecule has 0 atom stereocenters. The van der Waals surface area contributed by atoms with Crippen molar-refractivity contribution in [2.75, 3.05) is 12.8 Å². The summed E-state index contributed by atoms with van der Waals surface area (Å²) in [7, 11) is -2.03. The third kappa shape index (κ3) is 3.58. The highest BCUT2D eigenvalue weighted by Gasteiger charge is 2.10. The highest BCUT2D eigenvalue weighted by atomic mass is 32.2. The molecule has 0 spiro atoms. The molecule has 0 radical (unpaired) electrons. The van der Waals surface area contributed by atoms with Gasteiger partial charge in [0.2, 0.25) is 10.0 Å². The van der Waals surface area contributed by atoms with Gasteiger partial charge in [-0.25, -0.2) is 21.9 Å². The van der Waals surface area contributed by atoms with Gasteiger partial charge in [0.05, 0.1) is 18.5 Å². The van der Waals surface area contributed by atoms with Crippen LogP contribution >= 0.6 is 0 Å². The van der Waals surface area contributed by atoms with Crippen molar-refractivity contribution >= 4 is 10.0 Å². The second-order valence-corrected chi connectivity index (χ2v) is 6.09. The summed E-state index contributed by atoms with van der Waals surface area (Å²) in [4.78, 5) is 0. The Bertz CT molecular complexity index is 695. The highest BCUT2D eigenvalue weighted by Crippen LogP contribution is 2.18. The molecule has 9 heteroatoms. The van der Waals surface area contributed by atoms with Gasteiger partial charge < -0.3 is 0 Å². The molecule has 0 amide bonds. The number of aryl methyl sites for hydroxylation is 1. The fourth-order valence-electron chi connectivity index (χ4n) is 1.56. The van der Waals surface area contributed by atoms with Gasteiger partial charge >= 0.3 is 0 Å². The molecule has 0 fully saturated rings. The third-order valence-electron chi connectivity index (χ3n) is 2.60. The van der Waals surface area contributed by atoms with Gasteiger partial charge in [0.25, 0.3) is 0 Å². The lowest BCUT2D eigenvalue weighted by molar-refractivity contribution is 0.568. The van der Waals surface area contributed by atoms with Gasteiger partial charge in [-0.3, -0.25) is 4.68 Å². The first-order valence-electron chi connectivity index (χ1n) is 5.67. The van der Waals surface area contributed by atoms with Crippen LogP contribution < -0.4 is 4.72 Å². The van der Waals surface area contributed by atoms with Crippen molar-refractivity contribution in [3.05, 3.63) is 36.0 Å². The summed E-state index contributed by atoms with van der Waals surface area (Å²) >= 11 is 0. The molecule has 0 unspecified atom stereocenters. The highest BCUT2D eigenvalue weighted by molar-refractivity contribution is 7.89. The second kappa shape index (κ2) is 5.63. The van der Waals surface area contributed by atoms with Crippen LogP contribution in [0.15, 0.2) is 24.4 Å². The summed E-state index contributed by atoms with van der Waals surface area (Å²) in [5, 5.41) is 7.48. The molecular formula is C11H12F2N4O2S. The molecule has 0 saturated carbocycles. The van der Waals surface area contributed by atoms with Gasteiger partial charge in [0.1, 0.15) is 17.3 Å². The molecule has 2 aromatic rings. The summed E-state index contributed by atoms with van der Waals surface area (Å²) in [6.07, 6.45) is 1.43. The summed E-state index contributed by atoms with van der Waals surface area (Å²) in [5.74, 6) is -1.59. The van der Waals surface area contributed by atoms with E-state index in [0.29, 0.717) is 0 Å². The molecule has 1 aromatic carbocycles. The van der Waals surface area contributed by atoms with Crippen LogP contribution in [0.4, 0.5) is 8.78 Å². The van der Waals surface area contributed by atoms with Gasteiger partial charge in [0, 0.05) is 11.6 Å². The number of halogens is 2. The van der Waals surface area contributed by atoms with Crippen LogP contribution in [0.3, 0.4) is 0 Å². The normalized spacial score (nSPS) is 11.8. The summed E-state index contributed by atoms with van der Waals surface area (Å²) in [6.45, 7) is 0.0912. The first-order chi connectivity index (χ1) is 9.39. The molecule has 108 valence electrons. The van der Waals surface area contributed by atoms with E-state index in [1.807, 2.05) is 0 Å². The minimum atomic E-state index is -3.35. The maximum absolute atomic E-state index is 13.1. The van der Waals surface area contributed by atoms with E-state index in [4.69, 9.17) is 0 Å². The summed E-state index contributed by atoms with van der Waals surface area (Å²) in [6, 6.07) is 3.01. The van der Waals surface area contributed by atoms with Crippen molar-refractivity contribution in [1.82, 2.24) is 19.7 Å². The van der Waals surface area contributed by atoms with Crippen molar-refractivity contribution in [1.29, 1.82) is 0 Å². The summed E-state index contributed by atoms with van der Waals surface area (Å²) in [5.41, 5.74) is 0.510. The molecule has 2 rings (SSSR count). The van der Waals surface area contributed by atoms with Crippen molar-refractivity contribution in [3.63, 3.8) is 0 Å². The topological polar surface area (TPSA) is 76.9 Å². The molecule has 1 heterocycles. The maximum Gasteiger partial charge on any atom is 0.213 e. The van der Waals surface area contributed by atoms with Crippen molar-refractivity contribution in [2.45, 2.75) is 6.54 Å². The predicted molar refractivity (Wildman–Crippen MR) is 68.2 cm³/mol. The molecule has 1 N–H and O–H groups in total. The minimum Gasteiger partial charge on any atom is -0.251 e. The molecular weight excluding hydrogens is 290 g/mol. The number of nitrogens with zero attached hydrogens (tertiary/aromatic N) is 3. The average Bonchev–Trinajstić information content (AvgIpc) is 2.84. The number of benzene rings is 1. The zero-order chi connectivity index (χ0) is 14.8. The second-order valence-electron chi connectivity index (χ2n) is 4.05. The first-order valence-corrected chi connectivity index (χ1v) is 7.33. The van der Waals surface area contributed by atoms with Crippen molar-refractivity contribution < 1.29 is 17.2 Å². The first kappa shape index (κ1) is 14.5. The largest absolute Gasteiger partial charge is 0.251 e. The number of hydrogen-bond donors (Lipinski definition) is 1. The van der Waals surface area contributed by atoms with Crippen LogP contribution in [-0.4, -0.2) is 36.2 Å². The van der Waals surface area contributed by atoms with Crippen LogP contribution in [0.25, 0.3) is 11.3 Å². The van der Waals surface area contributed by atoms with E-state index < -0.39 is 21.7 Å². The Morgan fingerprint density at radius 2 is 1.90 bits per heavy atom. The number of nitrogens with one attached hydrogen (secondary N) is 1. The molecule has 0 bridgehead atoms. The Morgan fingerprint density at radius 1 is 1.25 bits per heavy atom. The molecule has 20 heavy (non-hydrogen) atoms. The Morgan fingerprint density at radius 3 is 2.50 bits per heavy atom. The van der Waals surface area contributed by atoms with Crippen LogP contribution in [0.1, 0.15) is 0 Å². The molecule has 1 aromatic heterocycles. The third-order valence-corrected chi connectivity index (χ3v) is 3.94. The van der Waals surface area contributed by atoms with Gasteiger partial charge in [-0.05, 0) is 19.2 Å². The number of rotatable bonds is 5. The zero-order valence-corrected chi connectivity index (χ0v) is 11.4. The van der Waals surface area contributed by atoms with Crippen LogP contribution in [0, 0.1) is 11.6 Å². The number of hydrogen-bond acceptors (Lipinski definition) is 4. The Kier molecular flexibility index (Phi) is 4.09. The molecule has 6 nitrogen and oxygen atoms in total. The van der Waals surface area contributed by atoms with Gasteiger partial charge in [-0.1, -0.05) is 5.21 Å². The fraction of sp³-hybridized carbons (Fsp3) is 0.273. The standard InChI is InChI=1S/C11H12F2N4O2S/c1-14-20(18,19)3-2-17-7-11(15-16-17)8-4-9(12)6-10(13)5-8/h4-7,14H,2-3H2,1H3. The minimum absolute atomic E-state index is 0.0912. The Hall–Kier alpha value is -1.87. The van der Waals surface area contributed by atoms with E-state index in [2.05, 4.69) is 15.0 Å². The van der Waals surface area contributed by atoms with Crippen molar-refractivity contribution in [2.24, 2.45) is 0 Å². The lowest BCUT2D eigenvalue weighted by Gasteiger charge is -2.01. The Labute approximate surface area is 114 Å². The lowest BCUT2D eigenvalue weighted by Crippen LogP contribution is -2.24. The molecule has 0 aliphatic heterocycles. The molecule has 0 saturated heterocycles. The van der Waals surface area contributed by atoms with E-state index >= 15 is 0 Å². The maximum atomic E-state index is 13.1. The number of aromatic nitrogens is 3. The SMILES string of the molecule is CNS(=O)(=O)CCn1cc(-c2cc(F)cc(F)c2)nn1. The Balaban J connectivity index is 2.16. The number of sulfonamides is 1. The average molecular weight is 302 g/mol. The van der Waals surface area contributed by atoms with Crippen LogP contribution in [-0.2, 0) is 16.6 Å². The van der Waals surface area contributed by atoms with Crippen molar-refractivity contribution in [3.8, 4) is 11.3 Å². The molecule has 0 aliphatic rings. The zero-order valence-electron chi connectivity index (χ0n) is 10.5. The van der Waals surface area contributed by atoms with Gasteiger partial charge in [-0.2, -0.15) is 0 Å². The fourth-order valence-corrected chi connectivity index (χ4v) is 2.19. The van der Waals surface area contributed by atoms with Crippen LogP contribution in [0.5, 0.6) is 0 Å². The molecule has 0 aliphatic carbocycles. The van der Waals surface area contributed by atoms with E-state index in [1.54, 1.807) is 0 Å². The van der Waals surface area contributed by atoms with Gasteiger partial charge in [0.15, 0.2) is 0 Å². The van der Waals surface area contributed by atoms with E-state index in [9.17, 15) is 17.2 Å². The lowest BCUT2D eigenvalue weighted by atomic mass is 10.1. The summed E-state index contributed by atoms with van der Waals surface area (Å²) < 4.78 is 52.2. The van der Waals surface area contributed by atoms with E-state index in [1.165, 1.54) is 17.9 Å². The monoisotopic (exact) mass is 302 g/mol. The van der Waals surface area contributed by atoms with Gasteiger partial charge in [-0.15, -0.1) is 5.10 Å². The smallest absolute Gasteiger partial charge is 0.213 e. The predicted octanol–water partition coefficient (Wildman–Crippen LogP) is 0.772.